The van der Waals surface area contributed by atoms with E-state index in [1.54, 1.807) is 24.3 Å². The second kappa shape index (κ2) is 34.2. The maximum atomic E-state index is 15.2. The summed E-state index contributed by atoms with van der Waals surface area (Å²) in [6.07, 6.45) is -27.4. The molecule has 0 radical (unpaired) electrons. The molecule has 0 aliphatic carbocycles. The van der Waals surface area contributed by atoms with Crippen molar-refractivity contribution in [3.05, 3.63) is 179 Å². The lowest BCUT2D eigenvalue weighted by atomic mass is 9.87. The van der Waals surface area contributed by atoms with Crippen LogP contribution >= 0.6 is 0 Å². The number of hydrogen-bond acceptors (Lipinski definition) is 27. The molecule has 5 aromatic rings. The highest BCUT2D eigenvalue weighted by molar-refractivity contribution is 5.95. The van der Waals surface area contributed by atoms with Crippen molar-refractivity contribution >= 4 is 53.8 Å². The molecule has 0 saturated carbocycles. The Morgan fingerprint density at radius 2 is 1.11 bits per heavy atom. The minimum Gasteiger partial charge on any atom is -0.465 e. The van der Waals surface area contributed by atoms with Crippen molar-refractivity contribution in [3.8, 4) is 0 Å². The zero-order valence-corrected chi connectivity index (χ0v) is 53.8. The molecule has 4 heterocycles. The number of hydrogen-bond donors (Lipinski definition) is 1. The number of benzene rings is 5. The molecule has 4 fully saturated rings. The van der Waals surface area contributed by atoms with E-state index in [4.69, 9.17) is 80.5 Å². The van der Waals surface area contributed by atoms with Crippen LogP contribution in [0.5, 0.6) is 0 Å². The predicted molar refractivity (Wildman–Crippen MR) is 328 cm³/mol. The zero-order chi connectivity index (χ0) is 69.2. The van der Waals surface area contributed by atoms with Crippen LogP contribution in [-0.4, -0.2) is 202 Å². The lowest BCUT2D eigenvalue weighted by Crippen LogP contribution is -2.71. The SMILES string of the molecule is COC(=O)[C@@]1(O[C@H]2[C@@H](O)[C@@H](COC(=O)c3ccccc3)O[C@@H](O[C@H]3[C@H](OCc4ccccc4)[C@@H](OCc4ccccc4)[C@H](OC)O[C@@H]3COCc3ccccc3)[C@@H]2OC(=O)c2ccccc2)C[C@@H]2OC(=O)N(C(=O)COC(C)=O)[C@H]2[C@H]([C@H](OC(C)=O)[C@@H](COC(C)=O)OC(C)=O)O1. The van der Waals surface area contributed by atoms with Crippen molar-refractivity contribution in [2.75, 3.05) is 40.6 Å². The lowest BCUT2D eigenvalue weighted by molar-refractivity contribution is -0.388. The van der Waals surface area contributed by atoms with Gasteiger partial charge in [-0.2, -0.15) is 0 Å². The van der Waals surface area contributed by atoms with E-state index in [1.165, 1.54) is 43.5 Å². The fourth-order valence-electron chi connectivity index (χ4n) is 11.5. The number of ether oxygens (including phenoxy) is 17. The molecule has 0 unspecified atom stereocenters. The van der Waals surface area contributed by atoms with Gasteiger partial charge in [-0.05, 0) is 41.0 Å². The van der Waals surface area contributed by atoms with Crippen LogP contribution in [-0.2, 0) is 129 Å². The summed E-state index contributed by atoms with van der Waals surface area (Å²) < 4.78 is 106. The van der Waals surface area contributed by atoms with Crippen LogP contribution in [0.1, 0.15) is 71.5 Å². The van der Waals surface area contributed by atoms with Gasteiger partial charge in [-0.3, -0.25) is 24.0 Å². The Hall–Kier alpha value is -9.07. The van der Waals surface area contributed by atoms with E-state index in [0.717, 1.165) is 45.9 Å². The second-order valence-electron chi connectivity index (χ2n) is 22.7. The molecule has 0 aromatic heterocycles. The summed E-state index contributed by atoms with van der Waals surface area (Å²) in [6.45, 7) is 0.738. The lowest BCUT2D eigenvalue weighted by Gasteiger charge is -2.51. The predicted octanol–water partition coefficient (Wildman–Crippen LogP) is 5.05. The van der Waals surface area contributed by atoms with E-state index >= 15 is 4.79 Å². The molecule has 5 aromatic carbocycles. The van der Waals surface area contributed by atoms with Gasteiger partial charge < -0.3 is 85.6 Å². The Morgan fingerprint density at radius 3 is 1.66 bits per heavy atom. The van der Waals surface area contributed by atoms with Gasteiger partial charge in [0.25, 0.3) is 11.7 Å². The molecule has 0 bridgehead atoms. The quantitative estimate of drug-likeness (QED) is 0.0483. The highest BCUT2D eigenvalue weighted by Gasteiger charge is 2.67. The first-order valence-corrected chi connectivity index (χ1v) is 30.9. The summed E-state index contributed by atoms with van der Waals surface area (Å²) >= 11 is 0. The Bertz CT molecular complexity index is 3460. The van der Waals surface area contributed by atoms with Crippen molar-refractivity contribution in [2.45, 2.75) is 152 Å². The maximum absolute atomic E-state index is 15.2. The molecule has 4 saturated heterocycles. The van der Waals surface area contributed by atoms with E-state index < -0.39 is 178 Å². The summed E-state index contributed by atoms with van der Waals surface area (Å²) in [4.78, 5) is 124. The smallest absolute Gasteiger partial charge is 0.417 e. The van der Waals surface area contributed by atoms with Gasteiger partial charge in [-0.25, -0.2) is 24.1 Å². The largest absolute Gasteiger partial charge is 0.465 e. The maximum Gasteiger partial charge on any atom is 0.417 e. The molecule has 1 N–H and O–H groups in total. The van der Waals surface area contributed by atoms with Gasteiger partial charge in [0, 0.05) is 34.8 Å². The number of nitrogens with zero attached hydrogens (tertiary/aromatic N) is 1. The second-order valence-corrected chi connectivity index (χ2v) is 22.7. The number of imide groups is 1. The Balaban J connectivity index is 1.22. The van der Waals surface area contributed by atoms with Crippen molar-refractivity contribution < 1.29 is 129 Å². The first-order valence-electron chi connectivity index (χ1n) is 30.9. The molecule has 9 rings (SSSR count). The molecular weight excluding hydrogens is 1270 g/mol. The molecule has 16 atom stereocenters. The summed E-state index contributed by atoms with van der Waals surface area (Å²) in [5.41, 5.74) is 2.22. The molecular formula is C69H75NO27. The van der Waals surface area contributed by atoms with Crippen molar-refractivity contribution in [3.63, 3.8) is 0 Å². The Kier molecular flexibility index (Phi) is 25.5. The third-order valence-electron chi connectivity index (χ3n) is 15.9. The van der Waals surface area contributed by atoms with Crippen LogP contribution in [0.4, 0.5) is 4.79 Å². The van der Waals surface area contributed by atoms with Crippen molar-refractivity contribution in [2.24, 2.45) is 0 Å². The zero-order valence-electron chi connectivity index (χ0n) is 53.8. The minimum atomic E-state index is -3.14. The average Bonchev–Trinajstić information content (AvgIpc) is 1.69. The van der Waals surface area contributed by atoms with Gasteiger partial charge in [-0.15, -0.1) is 0 Å². The Labute approximate surface area is 557 Å². The number of methoxy groups -OCH3 is 2. The van der Waals surface area contributed by atoms with E-state index in [0.29, 0.717) is 10.5 Å². The molecule has 4 aliphatic heterocycles. The van der Waals surface area contributed by atoms with Crippen LogP contribution in [0.15, 0.2) is 152 Å². The monoisotopic (exact) mass is 1350 g/mol. The first-order chi connectivity index (χ1) is 46.8. The fourth-order valence-corrected chi connectivity index (χ4v) is 11.5. The van der Waals surface area contributed by atoms with Crippen LogP contribution in [0, 0.1) is 0 Å². The number of carbonyl (C=O) groups is 9. The van der Waals surface area contributed by atoms with Crippen LogP contribution in [0.2, 0.25) is 0 Å². The third kappa shape index (κ3) is 18.7. The summed E-state index contributed by atoms with van der Waals surface area (Å²) in [6, 6.07) is 40.9. The summed E-state index contributed by atoms with van der Waals surface area (Å²) in [5.74, 6) is -11.9. The van der Waals surface area contributed by atoms with E-state index in [1.807, 2.05) is 91.0 Å². The van der Waals surface area contributed by atoms with Gasteiger partial charge in [0.05, 0.1) is 51.1 Å². The molecule has 2 amide bonds. The average molecular weight is 1350 g/mol. The number of esters is 7. The number of aliphatic hydroxyl groups excluding tert-OH is 1. The fraction of sp³-hybridized carbons (Fsp3) is 0.435. The molecule has 4 aliphatic rings. The number of amides is 2. The molecule has 97 heavy (non-hydrogen) atoms. The standard InChI is InChI=1S/C69H75NO27/c1-40(71)84-38-52(89-42(3)73)56(90-43(4)74)58-54-49(93-68(80)70(54)53(75)39-85-41(2)72)32-69(96-58,67(79)82-6)97-59-55(76)50(37-88-63(77)47-28-18-10-19-29-47)91-66(62(59)94-64(78)48-30-20-11-21-31-48)95-57-51(36-83-33-44-22-12-7-13-23-44)92-65(81-5)61(87-35-46-26-16-9-17-27-46)60(57)86-34-45-24-14-8-15-25-45/h7-31,49-52,54-62,65-66,76H,32-39H2,1-6H3/t49-,50+,51+,52+,54+,55-,56+,57+,58+,59-,60-,61+,62+,65+,66-,69-/m0/s1. The highest BCUT2D eigenvalue weighted by atomic mass is 16.8. The number of rotatable bonds is 29. The molecule has 28 heteroatoms. The van der Waals surface area contributed by atoms with Gasteiger partial charge in [-0.1, -0.05) is 127 Å². The third-order valence-corrected chi connectivity index (χ3v) is 15.9. The Morgan fingerprint density at radius 1 is 0.577 bits per heavy atom. The first kappa shape index (κ1) is 72.2. The van der Waals surface area contributed by atoms with Crippen molar-refractivity contribution in [1.82, 2.24) is 4.90 Å². The van der Waals surface area contributed by atoms with E-state index in [2.05, 4.69) is 0 Å². The molecule has 28 nitrogen and oxygen atoms in total. The van der Waals surface area contributed by atoms with E-state index in [-0.39, 0.29) is 37.6 Å². The van der Waals surface area contributed by atoms with Gasteiger partial charge in [0.2, 0.25) is 0 Å². The van der Waals surface area contributed by atoms with Crippen LogP contribution < -0.4 is 0 Å². The summed E-state index contributed by atoms with van der Waals surface area (Å²) in [7, 11) is 2.30. The number of carbonyl (C=O) groups excluding carboxylic acids is 9. The van der Waals surface area contributed by atoms with Gasteiger partial charge in [0.15, 0.2) is 37.5 Å². The minimum absolute atomic E-state index is 0.0222. The number of aliphatic hydroxyl groups is 1. The van der Waals surface area contributed by atoms with Crippen LogP contribution in [0.25, 0.3) is 0 Å². The van der Waals surface area contributed by atoms with Crippen molar-refractivity contribution in [1.29, 1.82) is 0 Å². The highest BCUT2D eigenvalue weighted by Crippen LogP contribution is 2.45. The topological polar surface area (TPSA) is 334 Å². The van der Waals surface area contributed by atoms with Gasteiger partial charge in [0.1, 0.15) is 74.2 Å². The normalized spacial score (nSPS) is 26.5. The van der Waals surface area contributed by atoms with Gasteiger partial charge >= 0.3 is 47.9 Å². The molecule has 518 valence electrons. The number of fused-ring (bicyclic) bond motifs is 1. The molecule has 0 spiro atoms. The van der Waals surface area contributed by atoms with Crippen LogP contribution in [0.3, 0.4) is 0 Å². The summed E-state index contributed by atoms with van der Waals surface area (Å²) in [5, 5.41) is 13.1. The van der Waals surface area contributed by atoms with E-state index in [9.17, 15) is 43.5 Å².